The Morgan fingerprint density at radius 3 is 3.16 bits per heavy atom. The Morgan fingerprint density at radius 1 is 1.53 bits per heavy atom. The summed E-state index contributed by atoms with van der Waals surface area (Å²) in [5.41, 5.74) is 0.244. The summed E-state index contributed by atoms with van der Waals surface area (Å²) < 4.78 is 10.8. The normalized spacial score (nSPS) is 18.4. The van der Waals surface area contributed by atoms with Gasteiger partial charge in [-0.3, -0.25) is 0 Å². The molecule has 104 valence electrons. The van der Waals surface area contributed by atoms with Gasteiger partial charge in [-0.25, -0.2) is 4.79 Å². The first kappa shape index (κ1) is 13.8. The van der Waals surface area contributed by atoms with Gasteiger partial charge in [0.1, 0.15) is 12.4 Å². The highest BCUT2D eigenvalue weighted by atomic mass is 16.5. The number of rotatable bonds is 7. The standard InChI is InChI=1S/C14H19NO4/c16-14(17)12-2-1-3-13(8-12)19-7-5-15-9-11-4-6-18-10-11/h1-3,8,11,15H,4-7,9-10H2,(H,16,17). The molecule has 1 aromatic rings. The summed E-state index contributed by atoms with van der Waals surface area (Å²) >= 11 is 0. The minimum absolute atomic E-state index is 0.244. The number of hydrogen-bond acceptors (Lipinski definition) is 4. The van der Waals surface area contributed by atoms with Crippen LogP contribution in [-0.2, 0) is 4.74 Å². The van der Waals surface area contributed by atoms with Crippen LogP contribution < -0.4 is 10.1 Å². The lowest BCUT2D eigenvalue weighted by atomic mass is 10.1. The largest absolute Gasteiger partial charge is 0.492 e. The maximum absolute atomic E-state index is 10.8. The monoisotopic (exact) mass is 265 g/mol. The number of carbonyl (C=O) groups is 1. The van der Waals surface area contributed by atoms with Crippen molar-refractivity contribution in [1.29, 1.82) is 0 Å². The molecule has 0 radical (unpaired) electrons. The van der Waals surface area contributed by atoms with Crippen LogP contribution in [0.25, 0.3) is 0 Å². The number of benzene rings is 1. The Kier molecular flexibility index (Phi) is 5.18. The van der Waals surface area contributed by atoms with Crippen LogP contribution in [0.1, 0.15) is 16.8 Å². The van der Waals surface area contributed by atoms with E-state index < -0.39 is 5.97 Å². The second-order valence-corrected chi connectivity index (χ2v) is 4.62. The van der Waals surface area contributed by atoms with Gasteiger partial charge in [-0.05, 0) is 30.5 Å². The van der Waals surface area contributed by atoms with Gasteiger partial charge in [0.25, 0.3) is 0 Å². The average molecular weight is 265 g/mol. The van der Waals surface area contributed by atoms with E-state index >= 15 is 0 Å². The lowest BCUT2D eigenvalue weighted by Crippen LogP contribution is -2.27. The van der Waals surface area contributed by atoms with Crippen molar-refractivity contribution in [2.45, 2.75) is 6.42 Å². The Balaban J connectivity index is 1.64. The van der Waals surface area contributed by atoms with Gasteiger partial charge in [0, 0.05) is 19.7 Å². The van der Waals surface area contributed by atoms with Crippen LogP contribution in [0.3, 0.4) is 0 Å². The van der Waals surface area contributed by atoms with Crippen molar-refractivity contribution in [3.63, 3.8) is 0 Å². The molecule has 5 heteroatoms. The van der Waals surface area contributed by atoms with Crippen molar-refractivity contribution in [3.05, 3.63) is 29.8 Å². The molecule has 19 heavy (non-hydrogen) atoms. The quantitative estimate of drug-likeness (QED) is 0.729. The fraction of sp³-hybridized carbons (Fsp3) is 0.500. The van der Waals surface area contributed by atoms with Crippen molar-refractivity contribution in [3.8, 4) is 5.75 Å². The second kappa shape index (κ2) is 7.11. The summed E-state index contributed by atoms with van der Waals surface area (Å²) in [5, 5.41) is 12.2. The molecule has 2 rings (SSSR count). The first-order valence-electron chi connectivity index (χ1n) is 6.50. The van der Waals surface area contributed by atoms with Crippen LogP contribution in [-0.4, -0.2) is 44.0 Å². The molecule has 1 heterocycles. The number of carboxylic acids is 1. The van der Waals surface area contributed by atoms with Gasteiger partial charge in [0.15, 0.2) is 0 Å². The molecule has 0 aliphatic carbocycles. The Bertz CT molecular complexity index is 416. The van der Waals surface area contributed by atoms with Crippen molar-refractivity contribution >= 4 is 5.97 Å². The van der Waals surface area contributed by atoms with E-state index in [0.29, 0.717) is 18.3 Å². The van der Waals surface area contributed by atoms with Crippen molar-refractivity contribution < 1.29 is 19.4 Å². The summed E-state index contributed by atoms with van der Waals surface area (Å²) in [6.07, 6.45) is 1.12. The predicted molar refractivity (Wildman–Crippen MR) is 70.7 cm³/mol. The molecular formula is C14H19NO4. The van der Waals surface area contributed by atoms with Gasteiger partial charge in [0.05, 0.1) is 12.2 Å². The molecule has 0 bridgehead atoms. The van der Waals surface area contributed by atoms with Gasteiger partial charge in [-0.1, -0.05) is 6.07 Å². The Hall–Kier alpha value is -1.59. The summed E-state index contributed by atoms with van der Waals surface area (Å²) in [4.78, 5) is 10.8. The van der Waals surface area contributed by atoms with Gasteiger partial charge >= 0.3 is 5.97 Å². The third-order valence-electron chi connectivity index (χ3n) is 3.09. The number of ether oxygens (including phenoxy) is 2. The molecule has 1 fully saturated rings. The molecule has 1 saturated heterocycles. The van der Waals surface area contributed by atoms with Gasteiger partial charge in [0.2, 0.25) is 0 Å². The third-order valence-corrected chi connectivity index (χ3v) is 3.09. The zero-order valence-corrected chi connectivity index (χ0v) is 10.8. The summed E-state index contributed by atoms with van der Waals surface area (Å²) in [7, 11) is 0. The zero-order chi connectivity index (χ0) is 13.5. The molecule has 0 aromatic heterocycles. The fourth-order valence-electron chi connectivity index (χ4n) is 2.01. The highest BCUT2D eigenvalue weighted by molar-refractivity contribution is 5.87. The zero-order valence-electron chi connectivity index (χ0n) is 10.8. The fourth-order valence-corrected chi connectivity index (χ4v) is 2.01. The van der Waals surface area contributed by atoms with E-state index in [1.54, 1.807) is 18.2 Å². The molecule has 0 saturated carbocycles. The lowest BCUT2D eigenvalue weighted by Gasteiger charge is -2.10. The van der Waals surface area contributed by atoms with Crippen LogP contribution in [0.5, 0.6) is 5.75 Å². The van der Waals surface area contributed by atoms with Gasteiger partial charge in [-0.15, -0.1) is 0 Å². The topological polar surface area (TPSA) is 67.8 Å². The van der Waals surface area contributed by atoms with Gasteiger partial charge < -0.3 is 19.9 Å². The van der Waals surface area contributed by atoms with E-state index in [1.807, 2.05) is 0 Å². The molecular weight excluding hydrogens is 246 g/mol. The number of aromatic carboxylic acids is 1. The van der Waals surface area contributed by atoms with Crippen molar-refractivity contribution in [2.75, 3.05) is 32.9 Å². The molecule has 2 N–H and O–H groups in total. The minimum atomic E-state index is -0.940. The van der Waals surface area contributed by atoms with Crippen molar-refractivity contribution in [1.82, 2.24) is 5.32 Å². The van der Waals surface area contributed by atoms with Crippen LogP contribution in [0.4, 0.5) is 0 Å². The molecule has 1 unspecified atom stereocenters. The maximum Gasteiger partial charge on any atom is 0.335 e. The second-order valence-electron chi connectivity index (χ2n) is 4.62. The SMILES string of the molecule is O=C(O)c1cccc(OCCNCC2CCOC2)c1. The van der Waals surface area contributed by atoms with E-state index in [4.69, 9.17) is 14.6 Å². The summed E-state index contributed by atoms with van der Waals surface area (Å²) in [6, 6.07) is 6.53. The van der Waals surface area contributed by atoms with Crippen LogP contribution in [0, 0.1) is 5.92 Å². The van der Waals surface area contributed by atoms with Crippen molar-refractivity contribution in [2.24, 2.45) is 5.92 Å². The van der Waals surface area contributed by atoms with Crippen LogP contribution >= 0.6 is 0 Å². The summed E-state index contributed by atoms with van der Waals surface area (Å²) in [5.74, 6) is 0.256. The molecule has 1 aromatic carbocycles. The maximum atomic E-state index is 10.8. The third kappa shape index (κ3) is 4.54. The van der Waals surface area contributed by atoms with E-state index in [2.05, 4.69) is 5.32 Å². The number of nitrogens with one attached hydrogen (secondary N) is 1. The van der Waals surface area contributed by atoms with E-state index in [1.165, 1.54) is 6.07 Å². The van der Waals surface area contributed by atoms with E-state index in [-0.39, 0.29) is 5.56 Å². The van der Waals surface area contributed by atoms with Gasteiger partial charge in [-0.2, -0.15) is 0 Å². The number of hydrogen-bond donors (Lipinski definition) is 2. The molecule has 1 atom stereocenters. The van der Waals surface area contributed by atoms with E-state index in [9.17, 15) is 4.79 Å². The molecule has 1 aliphatic heterocycles. The molecule has 5 nitrogen and oxygen atoms in total. The predicted octanol–water partition coefficient (Wildman–Crippen LogP) is 1.39. The molecule has 0 spiro atoms. The minimum Gasteiger partial charge on any atom is -0.492 e. The first-order chi connectivity index (χ1) is 9.25. The van der Waals surface area contributed by atoms with E-state index in [0.717, 1.165) is 32.7 Å². The highest BCUT2D eigenvalue weighted by Gasteiger charge is 2.14. The summed E-state index contributed by atoms with van der Waals surface area (Å²) in [6.45, 7) is 3.92. The average Bonchev–Trinajstić information content (AvgIpc) is 2.92. The molecule has 1 aliphatic rings. The first-order valence-corrected chi connectivity index (χ1v) is 6.50. The van der Waals surface area contributed by atoms with Crippen LogP contribution in [0.2, 0.25) is 0 Å². The number of carboxylic acid groups (broad SMARTS) is 1. The smallest absolute Gasteiger partial charge is 0.335 e. The lowest BCUT2D eigenvalue weighted by molar-refractivity contribution is 0.0696. The molecule has 0 amide bonds. The Labute approximate surface area is 112 Å². The van der Waals surface area contributed by atoms with Crippen LogP contribution in [0.15, 0.2) is 24.3 Å². The Morgan fingerprint density at radius 2 is 2.42 bits per heavy atom. The highest BCUT2D eigenvalue weighted by Crippen LogP contribution is 2.13.